The second-order valence-electron chi connectivity index (χ2n) is 5.58. The zero-order valence-corrected chi connectivity index (χ0v) is 13.6. The molecule has 0 radical (unpaired) electrons. The Hall–Kier alpha value is -2.96. The molecular weight excluding hydrogens is 304 g/mol. The van der Waals surface area contributed by atoms with Gasteiger partial charge in [0, 0.05) is 26.2 Å². The molecule has 7 nitrogen and oxygen atoms in total. The Balaban J connectivity index is 0.000000179. The highest BCUT2D eigenvalue weighted by Gasteiger charge is 2.12. The van der Waals surface area contributed by atoms with Gasteiger partial charge in [0.25, 0.3) is 0 Å². The van der Waals surface area contributed by atoms with Crippen molar-refractivity contribution < 1.29 is 4.79 Å². The Bertz CT molecular complexity index is 823. The van der Waals surface area contributed by atoms with E-state index in [4.69, 9.17) is 5.73 Å². The molecule has 1 saturated heterocycles. The van der Waals surface area contributed by atoms with Gasteiger partial charge in [-0.15, -0.1) is 5.10 Å². The van der Waals surface area contributed by atoms with Gasteiger partial charge in [0.05, 0.1) is 0 Å². The Morgan fingerprint density at radius 3 is 2.50 bits per heavy atom. The quantitative estimate of drug-likeness (QED) is 0.739. The number of carbonyl (C=O) groups excluding carboxylic acids is 1. The van der Waals surface area contributed by atoms with Gasteiger partial charge >= 0.3 is 0 Å². The minimum absolute atomic E-state index is 0.225. The summed E-state index contributed by atoms with van der Waals surface area (Å²) < 4.78 is 1.60. The van der Waals surface area contributed by atoms with Crippen LogP contribution in [0.3, 0.4) is 0 Å². The van der Waals surface area contributed by atoms with Gasteiger partial charge in [-0.1, -0.05) is 12.1 Å². The van der Waals surface area contributed by atoms with E-state index in [0.29, 0.717) is 11.6 Å². The number of nitrogens with two attached hydrogens (primary N) is 1. The van der Waals surface area contributed by atoms with Crippen molar-refractivity contribution in [2.24, 2.45) is 0 Å². The summed E-state index contributed by atoms with van der Waals surface area (Å²) in [5.41, 5.74) is 7.25. The molecule has 0 aromatic carbocycles. The van der Waals surface area contributed by atoms with Crippen molar-refractivity contribution in [3.05, 3.63) is 42.6 Å². The highest BCUT2D eigenvalue weighted by atomic mass is 16.2. The maximum absolute atomic E-state index is 10.6. The van der Waals surface area contributed by atoms with Crippen LogP contribution >= 0.6 is 0 Å². The summed E-state index contributed by atoms with van der Waals surface area (Å²) >= 11 is 0. The first-order valence-electron chi connectivity index (χ1n) is 7.93. The Morgan fingerprint density at radius 1 is 1.12 bits per heavy atom. The predicted octanol–water partition coefficient (Wildman–Crippen LogP) is 2.00. The van der Waals surface area contributed by atoms with E-state index in [1.807, 2.05) is 35.2 Å². The number of aromatic nitrogens is 4. The van der Waals surface area contributed by atoms with Crippen LogP contribution in [0.4, 0.5) is 5.82 Å². The number of hydrogen-bond donors (Lipinski definition) is 1. The molecule has 3 aromatic rings. The van der Waals surface area contributed by atoms with E-state index in [0.717, 1.165) is 24.4 Å². The third-order valence-corrected chi connectivity index (χ3v) is 3.83. The van der Waals surface area contributed by atoms with Crippen molar-refractivity contribution >= 4 is 17.4 Å². The molecule has 0 unspecified atom stereocenters. The first kappa shape index (κ1) is 15.9. The molecule has 0 bridgehead atoms. The predicted molar refractivity (Wildman–Crippen MR) is 92.1 cm³/mol. The number of carbonyl (C=O) groups is 1. The number of rotatable bonds is 1. The lowest BCUT2D eigenvalue weighted by Gasteiger charge is -2.10. The van der Waals surface area contributed by atoms with Crippen LogP contribution < -0.4 is 5.73 Å². The number of amides is 1. The van der Waals surface area contributed by atoms with Gasteiger partial charge in [0.2, 0.25) is 11.7 Å². The van der Waals surface area contributed by atoms with Crippen molar-refractivity contribution in [2.45, 2.75) is 19.8 Å². The van der Waals surface area contributed by atoms with Crippen LogP contribution in [0.5, 0.6) is 0 Å². The minimum atomic E-state index is 0.225. The Kier molecular flexibility index (Phi) is 4.69. The summed E-state index contributed by atoms with van der Waals surface area (Å²) in [6, 6.07) is 11.1. The van der Waals surface area contributed by atoms with Gasteiger partial charge in [-0.25, -0.2) is 4.98 Å². The molecule has 0 atom stereocenters. The van der Waals surface area contributed by atoms with Gasteiger partial charge in [0.15, 0.2) is 5.65 Å². The van der Waals surface area contributed by atoms with Crippen molar-refractivity contribution in [3.63, 3.8) is 0 Å². The first-order chi connectivity index (χ1) is 11.6. The smallest absolute Gasteiger partial charge is 0.219 e. The summed E-state index contributed by atoms with van der Waals surface area (Å²) in [4.78, 5) is 21.0. The van der Waals surface area contributed by atoms with Crippen LogP contribution in [0.1, 0.15) is 19.8 Å². The summed E-state index contributed by atoms with van der Waals surface area (Å²) in [5, 5.41) is 4.30. The number of fused-ring (bicyclic) bond motifs is 1. The van der Waals surface area contributed by atoms with Crippen molar-refractivity contribution in [2.75, 3.05) is 18.8 Å². The van der Waals surface area contributed by atoms with Gasteiger partial charge in [-0.05, 0) is 37.1 Å². The second kappa shape index (κ2) is 7.08. The summed E-state index contributed by atoms with van der Waals surface area (Å²) in [6.45, 7) is 3.59. The molecule has 0 saturated carbocycles. The molecule has 1 fully saturated rings. The van der Waals surface area contributed by atoms with E-state index < -0.39 is 0 Å². The number of likely N-dealkylation sites (tertiary alicyclic amines) is 1. The van der Waals surface area contributed by atoms with Gasteiger partial charge < -0.3 is 10.6 Å². The van der Waals surface area contributed by atoms with Crippen LogP contribution in [0.25, 0.3) is 17.2 Å². The third kappa shape index (κ3) is 3.51. The summed E-state index contributed by atoms with van der Waals surface area (Å²) in [5.74, 6) is 1.37. The fourth-order valence-electron chi connectivity index (χ4n) is 2.56. The van der Waals surface area contributed by atoms with Gasteiger partial charge in [-0.3, -0.25) is 9.78 Å². The fourth-order valence-corrected chi connectivity index (χ4v) is 2.56. The molecule has 24 heavy (non-hydrogen) atoms. The number of hydrogen-bond acceptors (Lipinski definition) is 5. The molecule has 1 aliphatic heterocycles. The zero-order valence-electron chi connectivity index (χ0n) is 13.6. The van der Waals surface area contributed by atoms with Crippen LogP contribution in [-0.4, -0.2) is 43.5 Å². The summed E-state index contributed by atoms with van der Waals surface area (Å²) in [7, 11) is 0. The number of pyridine rings is 2. The Labute approximate surface area is 140 Å². The Morgan fingerprint density at radius 2 is 1.92 bits per heavy atom. The molecule has 2 N–H and O–H groups in total. The molecule has 1 aliphatic rings. The molecule has 4 rings (SSSR count). The number of nitrogen functional groups attached to an aromatic ring is 1. The monoisotopic (exact) mass is 324 g/mol. The van der Waals surface area contributed by atoms with Crippen molar-refractivity contribution in [1.82, 2.24) is 24.5 Å². The number of nitrogens with zero attached hydrogens (tertiary/aromatic N) is 5. The normalized spacial score (nSPS) is 13.6. The fraction of sp³-hybridized carbons (Fsp3) is 0.294. The van der Waals surface area contributed by atoms with Crippen molar-refractivity contribution in [1.29, 1.82) is 0 Å². The lowest BCUT2D eigenvalue weighted by atomic mass is 10.3. The second-order valence-corrected chi connectivity index (χ2v) is 5.58. The summed E-state index contributed by atoms with van der Waals surface area (Å²) in [6.07, 6.45) is 4.10. The maximum Gasteiger partial charge on any atom is 0.219 e. The van der Waals surface area contributed by atoms with Crippen LogP contribution in [0, 0.1) is 0 Å². The first-order valence-corrected chi connectivity index (χ1v) is 7.93. The molecule has 3 aromatic heterocycles. The largest absolute Gasteiger partial charge is 0.384 e. The van der Waals surface area contributed by atoms with E-state index >= 15 is 0 Å². The van der Waals surface area contributed by atoms with Crippen LogP contribution in [0.15, 0.2) is 42.6 Å². The molecule has 4 heterocycles. The topological polar surface area (TPSA) is 89.4 Å². The molecule has 124 valence electrons. The molecule has 0 spiro atoms. The van der Waals surface area contributed by atoms with E-state index in [9.17, 15) is 4.79 Å². The highest BCUT2D eigenvalue weighted by Crippen LogP contribution is 2.14. The minimum Gasteiger partial charge on any atom is -0.384 e. The molecule has 1 amide bonds. The van der Waals surface area contributed by atoms with E-state index in [1.54, 1.807) is 23.7 Å². The molecule has 0 aliphatic carbocycles. The zero-order chi connectivity index (χ0) is 16.9. The van der Waals surface area contributed by atoms with Gasteiger partial charge in [-0.2, -0.15) is 4.52 Å². The average Bonchev–Trinajstić information content (AvgIpc) is 3.27. The van der Waals surface area contributed by atoms with E-state index in [-0.39, 0.29) is 5.91 Å². The number of anilines is 1. The van der Waals surface area contributed by atoms with Crippen LogP contribution in [0.2, 0.25) is 0 Å². The lowest BCUT2D eigenvalue weighted by molar-refractivity contribution is -0.127. The van der Waals surface area contributed by atoms with E-state index in [1.165, 1.54) is 12.8 Å². The lowest BCUT2D eigenvalue weighted by Crippen LogP contribution is -2.24. The standard InChI is InChI=1S/C11H9N5.C6H11NO/c12-9-5-3-6-10-14-11(15-16(9)10)8-4-1-2-7-13-8;1-6(8)7-4-2-3-5-7/h1-7H,12H2;2-5H2,1H3. The van der Waals surface area contributed by atoms with E-state index in [2.05, 4.69) is 15.1 Å². The average molecular weight is 324 g/mol. The molecular formula is C17H20N6O. The SMILES string of the molecule is CC(=O)N1CCCC1.Nc1cccc2nc(-c3ccccn3)nn12. The van der Waals surface area contributed by atoms with Gasteiger partial charge in [0.1, 0.15) is 11.5 Å². The molecule has 7 heteroatoms. The third-order valence-electron chi connectivity index (χ3n) is 3.83. The van der Waals surface area contributed by atoms with Crippen LogP contribution in [-0.2, 0) is 4.79 Å². The maximum atomic E-state index is 10.6. The highest BCUT2D eigenvalue weighted by molar-refractivity contribution is 5.73. The van der Waals surface area contributed by atoms with Crippen molar-refractivity contribution in [3.8, 4) is 11.5 Å².